The van der Waals surface area contributed by atoms with E-state index >= 15 is 0 Å². The minimum Gasteiger partial charge on any atom is -0.394 e. The summed E-state index contributed by atoms with van der Waals surface area (Å²) in [6.07, 6.45) is -17.0. The Bertz CT molecular complexity index is 1970. The highest BCUT2D eigenvalue weighted by Gasteiger charge is 2.81. The maximum absolute atomic E-state index is 12.3. The summed E-state index contributed by atoms with van der Waals surface area (Å²) >= 11 is 0. The summed E-state index contributed by atoms with van der Waals surface area (Å²) < 4.78 is 63.7. The molecular weight excluding hydrogens is 945 g/mol. The second-order valence-electron chi connectivity index (χ2n) is 25.2. The van der Waals surface area contributed by atoms with E-state index < -0.39 is 141 Å². The molecule has 10 fully saturated rings. The first kappa shape index (κ1) is 54.3. The van der Waals surface area contributed by atoms with E-state index in [0.717, 1.165) is 44.1 Å². The Morgan fingerprint density at radius 3 is 2.08 bits per heavy atom. The lowest BCUT2D eigenvalue weighted by molar-refractivity contribution is -0.396. The summed E-state index contributed by atoms with van der Waals surface area (Å²) in [7, 11) is 0. The number of allylic oxidation sites excluding steroid dienone is 1. The lowest BCUT2D eigenvalue weighted by Crippen LogP contribution is -2.68. The van der Waals surface area contributed by atoms with Gasteiger partial charge >= 0.3 is 0 Å². The number of aliphatic hydroxyl groups is 10. The van der Waals surface area contributed by atoms with Crippen LogP contribution in [0, 0.1) is 45.3 Å². The van der Waals surface area contributed by atoms with Crippen molar-refractivity contribution < 1.29 is 98.4 Å². The molecule has 6 aliphatic heterocycles. The summed E-state index contributed by atoms with van der Waals surface area (Å²) in [5.74, 6) is -0.133. The Morgan fingerprint density at radius 1 is 0.667 bits per heavy atom. The minimum absolute atomic E-state index is 0.0877. The quantitative estimate of drug-likeness (QED) is 0.105. The van der Waals surface area contributed by atoms with Crippen LogP contribution in [-0.2, 0) is 47.4 Å². The van der Waals surface area contributed by atoms with Gasteiger partial charge in [0.1, 0.15) is 67.1 Å². The van der Waals surface area contributed by atoms with Gasteiger partial charge in [-0.1, -0.05) is 39.3 Å². The van der Waals surface area contributed by atoms with Crippen molar-refractivity contribution >= 4 is 0 Å². The first-order valence-electron chi connectivity index (χ1n) is 26.7. The summed E-state index contributed by atoms with van der Waals surface area (Å²) in [5, 5.41) is 110. The number of ether oxygens (including phenoxy) is 10. The molecule has 4 saturated carbocycles. The van der Waals surface area contributed by atoms with Gasteiger partial charge in [-0.25, -0.2) is 0 Å². The van der Waals surface area contributed by atoms with Gasteiger partial charge in [0.05, 0.1) is 56.4 Å². The van der Waals surface area contributed by atoms with E-state index in [9.17, 15) is 51.1 Å². The summed E-state index contributed by atoms with van der Waals surface area (Å²) in [4.78, 5) is 0. The molecule has 10 N–H and O–H groups in total. The molecule has 20 nitrogen and oxygen atoms in total. The van der Waals surface area contributed by atoms with Crippen LogP contribution >= 0.6 is 0 Å². The zero-order valence-corrected chi connectivity index (χ0v) is 43.1. The van der Waals surface area contributed by atoms with E-state index in [1.54, 1.807) is 6.92 Å². The summed E-state index contributed by atoms with van der Waals surface area (Å²) in [5.41, 5.74) is -0.593. The van der Waals surface area contributed by atoms with Crippen molar-refractivity contribution in [2.75, 3.05) is 26.4 Å². The largest absolute Gasteiger partial charge is 0.394 e. The van der Waals surface area contributed by atoms with Crippen molar-refractivity contribution in [3.05, 3.63) is 11.6 Å². The molecule has 0 aromatic carbocycles. The van der Waals surface area contributed by atoms with Gasteiger partial charge in [-0.05, 0) is 100 Å². The molecule has 0 amide bonds. The fourth-order valence-corrected chi connectivity index (χ4v) is 17.0. The predicted molar refractivity (Wildman–Crippen MR) is 249 cm³/mol. The van der Waals surface area contributed by atoms with Crippen LogP contribution in [0.25, 0.3) is 0 Å². The monoisotopic (exact) mass is 1030 g/mol. The minimum atomic E-state index is -1.84. The molecule has 6 heterocycles. The molecule has 10 aliphatic rings. The zero-order chi connectivity index (χ0) is 51.8. The van der Waals surface area contributed by atoms with E-state index in [2.05, 4.69) is 47.6 Å². The fourth-order valence-electron chi connectivity index (χ4n) is 17.0. The third kappa shape index (κ3) is 8.64. The molecule has 0 radical (unpaired) electrons. The molecule has 0 aromatic heterocycles. The molecule has 4 aliphatic carbocycles. The SMILES string of the molecule is CC(C)=C[C@@H]1C[C@](C)(O)[C@@H]2[C@H]3CC[C@@H]4[C@@]5(C)CC[C@H](O[C@@H]6OC[C@H](O)[C@H](O[C@@H]7O[C@H](CO)[C@@H](O)[C@H](O)[C@H]7O[C@@H]7OC[C@@H](O)[C@H](O)[C@H]7O)[C@H]6O[C@@H]6O[C@@H](C)C[C@@H](O)[C@H]6O)C(C)(C)[C@@H]5CC[C@@]4(C)[C@@]34CO[C@@]2(C4)O1. The number of fused-ring (bicyclic) bond motifs is 4. The Labute approximate surface area is 422 Å². The molecule has 2 spiro atoms. The molecule has 28 atom stereocenters. The average molecular weight is 1030 g/mol. The molecule has 412 valence electrons. The van der Waals surface area contributed by atoms with Crippen LogP contribution in [0.4, 0.5) is 0 Å². The van der Waals surface area contributed by atoms with Crippen LogP contribution in [0.5, 0.6) is 0 Å². The van der Waals surface area contributed by atoms with Crippen molar-refractivity contribution in [1.82, 2.24) is 0 Å². The van der Waals surface area contributed by atoms with Gasteiger partial charge < -0.3 is 98.4 Å². The molecule has 6 saturated heterocycles. The number of rotatable bonds is 10. The maximum atomic E-state index is 12.3. The van der Waals surface area contributed by atoms with Crippen molar-refractivity contribution in [3.8, 4) is 0 Å². The first-order valence-corrected chi connectivity index (χ1v) is 26.7. The maximum Gasteiger partial charge on any atom is 0.187 e. The molecule has 0 unspecified atom stereocenters. The van der Waals surface area contributed by atoms with Gasteiger partial charge in [0.25, 0.3) is 0 Å². The van der Waals surface area contributed by atoms with Crippen LogP contribution in [0.1, 0.15) is 113 Å². The van der Waals surface area contributed by atoms with Crippen LogP contribution in [0.3, 0.4) is 0 Å². The van der Waals surface area contributed by atoms with Gasteiger partial charge in [0.2, 0.25) is 0 Å². The topological polar surface area (TPSA) is 295 Å². The molecule has 0 aromatic rings. The van der Waals surface area contributed by atoms with Crippen molar-refractivity contribution in [2.24, 2.45) is 45.3 Å². The van der Waals surface area contributed by atoms with Crippen LogP contribution in [0.15, 0.2) is 11.6 Å². The fraction of sp³-hybridized carbons (Fsp3) is 0.962. The summed E-state index contributed by atoms with van der Waals surface area (Å²) in [6.45, 7) is 16.3. The lowest BCUT2D eigenvalue weighted by Gasteiger charge is -2.70. The summed E-state index contributed by atoms with van der Waals surface area (Å²) in [6, 6.07) is 0. The third-order valence-electron chi connectivity index (χ3n) is 20.2. The smallest absolute Gasteiger partial charge is 0.187 e. The second kappa shape index (κ2) is 19.4. The Morgan fingerprint density at radius 2 is 1.36 bits per heavy atom. The van der Waals surface area contributed by atoms with E-state index in [1.807, 2.05) is 6.92 Å². The van der Waals surface area contributed by atoms with Gasteiger partial charge in [-0.3, -0.25) is 0 Å². The highest BCUT2D eigenvalue weighted by atomic mass is 16.8. The van der Waals surface area contributed by atoms with E-state index in [-0.39, 0.29) is 53.1 Å². The lowest BCUT2D eigenvalue weighted by atomic mass is 9.35. The van der Waals surface area contributed by atoms with Crippen LogP contribution in [0.2, 0.25) is 0 Å². The van der Waals surface area contributed by atoms with Crippen molar-refractivity contribution in [2.45, 2.75) is 241 Å². The van der Waals surface area contributed by atoms with Crippen LogP contribution < -0.4 is 0 Å². The number of aliphatic hydroxyl groups excluding tert-OH is 9. The zero-order valence-electron chi connectivity index (χ0n) is 43.1. The standard InChI is InChI=1S/C52H84O20/c1-23(2)15-25-17-50(8,62)42-26-9-10-32-48(6)13-12-33(47(4,5)31(48)11-14-49(32,7)51(26)21-52(42,72-25)65-22-51)68-45-41(71-44-35(58)27(54)16-24(3)66-44)39(29(56)20-64-45)69-46-40(37(60)36(59)30(18-53)67-46)70-43-38(61)34(57)28(55)19-63-43/h15,24-46,53-62H,9-14,16-22H2,1-8H3/t24-,25+,26+,27+,28+,29-,30+,31-,32+,33-,34-,35+,36+,37-,38+,39-,40+,41+,42-,43-,44-,45-,46-,48-,49+,50-,51-,52-/m0/s1. The molecular formula is C52H84O20. The van der Waals surface area contributed by atoms with Gasteiger partial charge in [-0.2, -0.15) is 0 Å². The van der Waals surface area contributed by atoms with E-state index in [1.165, 1.54) is 0 Å². The van der Waals surface area contributed by atoms with Gasteiger partial charge in [-0.15, -0.1) is 0 Å². The highest BCUT2D eigenvalue weighted by Crippen LogP contribution is 2.80. The molecule has 72 heavy (non-hydrogen) atoms. The molecule has 20 heteroatoms. The van der Waals surface area contributed by atoms with E-state index in [4.69, 9.17) is 47.4 Å². The van der Waals surface area contributed by atoms with Crippen LogP contribution in [-0.4, -0.2) is 206 Å². The Balaban J connectivity index is 0.915. The molecule has 2 bridgehead atoms. The Hall–Kier alpha value is -1.06. The van der Waals surface area contributed by atoms with Gasteiger partial charge in [0.15, 0.2) is 30.9 Å². The van der Waals surface area contributed by atoms with Gasteiger partial charge in [0, 0.05) is 30.6 Å². The number of hydrogen-bond donors (Lipinski definition) is 10. The average Bonchev–Trinajstić information content (AvgIpc) is 3.83. The number of hydrogen-bond acceptors (Lipinski definition) is 20. The second-order valence-corrected chi connectivity index (χ2v) is 25.2. The van der Waals surface area contributed by atoms with E-state index in [0.29, 0.717) is 25.4 Å². The third-order valence-corrected chi connectivity index (χ3v) is 20.2. The predicted octanol–water partition coefficient (Wildman–Crippen LogP) is 0.487. The van der Waals surface area contributed by atoms with Crippen molar-refractivity contribution in [3.63, 3.8) is 0 Å². The Kier molecular flexibility index (Phi) is 14.6. The first-order chi connectivity index (χ1) is 33.8. The molecule has 10 rings (SSSR count). The normalized spacial score (nSPS) is 57.1. The highest BCUT2D eigenvalue weighted by molar-refractivity contribution is 5.27. The van der Waals surface area contributed by atoms with Crippen molar-refractivity contribution in [1.29, 1.82) is 0 Å².